The first-order chi connectivity index (χ1) is 16.5. The number of carbonyl (C=O) groups is 3. The molecule has 3 amide bonds. The lowest BCUT2D eigenvalue weighted by atomic mass is 9.86. The smallest absolute Gasteiger partial charge is 0.339 e. The first kappa shape index (κ1) is 21.8. The van der Waals surface area contributed by atoms with Crippen LogP contribution in [-0.2, 0) is 16.0 Å². The molecule has 0 saturated carbocycles. The largest absolute Gasteiger partial charge is 0.449 e. The van der Waals surface area contributed by atoms with Crippen molar-refractivity contribution in [1.29, 1.82) is 0 Å². The highest BCUT2D eigenvalue weighted by Gasteiger charge is 2.33. The number of amides is 3. The molecule has 2 heterocycles. The number of aromatic nitrogens is 1. The highest BCUT2D eigenvalue weighted by Crippen LogP contribution is 2.36. The lowest BCUT2D eigenvalue weighted by molar-refractivity contribution is -0.136. The van der Waals surface area contributed by atoms with E-state index >= 15 is 0 Å². The maximum absolute atomic E-state index is 13.5. The average Bonchev–Trinajstić information content (AvgIpc) is 3.28. The zero-order valence-electron chi connectivity index (χ0n) is 18.9. The van der Waals surface area contributed by atoms with E-state index < -0.39 is 24.0 Å². The van der Waals surface area contributed by atoms with Crippen molar-refractivity contribution in [2.75, 3.05) is 13.1 Å². The minimum atomic E-state index is -1.08. The van der Waals surface area contributed by atoms with E-state index in [0.29, 0.717) is 29.4 Å². The normalized spacial score (nSPS) is 17.4. The monoisotopic (exact) mass is 455 g/mol. The number of benzene rings is 2. The van der Waals surface area contributed by atoms with Crippen molar-refractivity contribution in [3.8, 4) is 0 Å². The van der Waals surface area contributed by atoms with E-state index in [9.17, 15) is 14.4 Å². The fourth-order valence-electron chi connectivity index (χ4n) is 4.63. The molecule has 34 heavy (non-hydrogen) atoms. The van der Waals surface area contributed by atoms with Gasteiger partial charge in [-0.25, -0.2) is 14.6 Å². The SMILES string of the molecule is CC(OC(=O)c1c2c(nc3ccccc13)/C(=C\c1ccccc1)CCC2)C(=O)N1CCNC1=O. The summed E-state index contributed by atoms with van der Waals surface area (Å²) >= 11 is 0. The van der Waals surface area contributed by atoms with Crippen LogP contribution in [-0.4, -0.2) is 47.0 Å². The molecule has 1 aliphatic carbocycles. The van der Waals surface area contributed by atoms with Gasteiger partial charge in [-0.15, -0.1) is 0 Å². The Morgan fingerprint density at radius 3 is 2.62 bits per heavy atom. The summed E-state index contributed by atoms with van der Waals surface area (Å²) in [7, 11) is 0. The van der Waals surface area contributed by atoms with Gasteiger partial charge < -0.3 is 10.1 Å². The number of fused-ring (bicyclic) bond motifs is 2. The summed E-state index contributed by atoms with van der Waals surface area (Å²) in [5.74, 6) is -1.10. The molecule has 1 N–H and O–H groups in total. The van der Waals surface area contributed by atoms with E-state index in [-0.39, 0.29) is 6.54 Å². The summed E-state index contributed by atoms with van der Waals surface area (Å²) in [5, 5.41) is 3.29. The second kappa shape index (κ2) is 9.09. The standard InChI is InChI=1S/C27H25N3O4/c1-17(25(31)30-15-14-28-27(30)33)34-26(32)23-20-11-5-6-13-22(20)29-24-19(10-7-12-21(23)24)16-18-8-3-2-4-9-18/h2-6,8-9,11,13,16-17H,7,10,12,14-15H2,1H3,(H,28,33)/b19-16-. The highest BCUT2D eigenvalue weighted by molar-refractivity contribution is 6.08. The number of ether oxygens (including phenoxy) is 1. The molecular formula is C27H25N3O4. The van der Waals surface area contributed by atoms with Crippen molar-refractivity contribution in [3.63, 3.8) is 0 Å². The van der Waals surface area contributed by atoms with Crippen LogP contribution >= 0.6 is 0 Å². The molecule has 7 nitrogen and oxygen atoms in total. The number of rotatable bonds is 4. The summed E-state index contributed by atoms with van der Waals surface area (Å²) in [5.41, 5.74) is 4.95. The molecule has 0 radical (unpaired) electrons. The van der Waals surface area contributed by atoms with Gasteiger partial charge in [0.15, 0.2) is 6.10 Å². The molecule has 172 valence electrons. The molecule has 3 aromatic rings. The Bertz CT molecular complexity index is 1320. The molecule has 2 aliphatic rings. The average molecular weight is 456 g/mol. The number of hydrogen-bond donors (Lipinski definition) is 1. The predicted molar refractivity (Wildman–Crippen MR) is 129 cm³/mol. The minimum absolute atomic E-state index is 0.265. The predicted octanol–water partition coefficient (Wildman–Crippen LogP) is 4.21. The number of pyridine rings is 1. The number of allylic oxidation sites excluding steroid dienone is 1. The second-order valence-corrected chi connectivity index (χ2v) is 8.53. The van der Waals surface area contributed by atoms with E-state index in [1.54, 1.807) is 0 Å². The molecule has 7 heteroatoms. The fraction of sp³-hybridized carbons (Fsp3) is 0.259. The molecule has 1 aliphatic heterocycles. The van der Waals surface area contributed by atoms with Crippen LogP contribution in [0.2, 0.25) is 0 Å². The summed E-state index contributed by atoms with van der Waals surface area (Å²) in [6.07, 6.45) is 3.48. The van der Waals surface area contributed by atoms with Gasteiger partial charge in [0.2, 0.25) is 0 Å². The van der Waals surface area contributed by atoms with Gasteiger partial charge in [-0.1, -0.05) is 48.5 Å². The summed E-state index contributed by atoms with van der Waals surface area (Å²) in [6.45, 7) is 2.16. The maximum Gasteiger partial charge on any atom is 0.339 e. The third-order valence-electron chi connectivity index (χ3n) is 6.27. The van der Waals surface area contributed by atoms with Crippen LogP contribution in [0.1, 0.15) is 46.9 Å². The van der Waals surface area contributed by atoms with Crippen molar-refractivity contribution in [1.82, 2.24) is 15.2 Å². The number of carbonyl (C=O) groups excluding carboxylic acids is 3. The van der Waals surface area contributed by atoms with Crippen LogP contribution in [0.3, 0.4) is 0 Å². The van der Waals surface area contributed by atoms with Crippen molar-refractivity contribution < 1.29 is 19.1 Å². The van der Waals surface area contributed by atoms with Gasteiger partial charge >= 0.3 is 12.0 Å². The van der Waals surface area contributed by atoms with Gasteiger partial charge in [-0.05, 0) is 55.0 Å². The molecule has 1 atom stereocenters. The molecule has 1 saturated heterocycles. The third kappa shape index (κ3) is 4.05. The van der Waals surface area contributed by atoms with Gasteiger partial charge in [0, 0.05) is 18.5 Å². The molecule has 1 unspecified atom stereocenters. The lowest BCUT2D eigenvalue weighted by Crippen LogP contribution is -2.42. The van der Waals surface area contributed by atoms with Gasteiger partial charge in [0.05, 0.1) is 16.8 Å². The Hall–Kier alpha value is -4.00. The third-order valence-corrected chi connectivity index (χ3v) is 6.27. The lowest BCUT2D eigenvalue weighted by Gasteiger charge is -2.24. The number of para-hydroxylation sites is 1. The van der Waals surface area contributed by atoms with E-state index in [4.69, 9.17) is 9.72 Å². The van der Waals surface area contributed by atoms with Crippen molar-refractivity contribution in [3.05, 3.63) is 77.0 Å². The molecule has 2 aromatic carbocycles. The summed E-state index contributed by atoms with van der Waals surface area (Å²) in [6, 6.07) is 17.1. The highest BCUT2D eigenvalue weighted by atomic mass is 16.5. The van der Waals surface area contributed by atoms with Gasteiger partial charge in [-0.3, -0.25) is 9.69 Å². The van der Waals surface area contributed by atoms with Crippen LogP contribution < -0.4 is 5.32 Å². The van der Waals surface area contributed by atoms with E-state index in [1.165, 1.54) is 6.92 Å². The van der Waals surface area contributed by atoms with Crippen molar-refractivity contribution in [2.24, 2.45) is 0 Å². The molecule has 0 bridgehead atoms. The number of imide groups is 1. The van der Waals surface area contributed by atoms with Crippen molar-refractivity contribution in [2.45, 2.75) is 32.3 Å². The van der Waals surface area contributed by atoms with Crippen LogP contribution in [0, 0.1) is 0 Å². The van der Waals surface area contributed by atoms with Crippen LogP contribution in [0.4, 0.5) is 4.79 Å². The van der Waals surface area contributed by atoms with Gasteiger partial charge in [-0.2, -0.15) is 0 Å². The Kier molecular flexibility index (Phi) is 5.84. The number of urea groups is 1. The quantitative estimate of drug-likeness (QED) is 0.596. The van der Waals surface area contributed by atoms with Crippen LogP contribution in [0.15, 0.2) is 54.6 Å². The van der Waals surface area contributed by atoms with Gasteiger partial charge in [0.25, 0.3) is 5.91 Å². The molecule has 5 rings (SSSR count). The zero-order valence-corrected chi connectivity index (χ0v) is 18.9. The topological polar surface area (TPSA) is 88.6 Å². The Morgan fingerprint density at radius 2 is 1.85 bits per heavy atom. The van der Waals surface area contributed by atoms with Crippen molar-refractivity contribution >= 4 is 40.5 Å². The van der Waals surface area contributed by atoms with Crippen LogP contribution in [0.25, 0.3) is 22.6 Å². The van der Waals surface area contributed by atoms with E-state index in [2.05, 4.69) is 11.4 Å². The summed E-state index contributed by atoms with van der Waals surface area (Å²) < 4.78 is 5.63. The Balaban J connectivity index is 1.54. The Morgan fingerprint density at radius 1 is 1.09 bits per heavy atom. The number of esters is 1. The van der Waals surface area contributed by atoms with E-state index in [1.807, 2.05) is 54.6 Å². The number of nitrogens with zero attached hydrogens (tertiary/aromatic N) is 2. The fourth-order valence-corrected chi connectivity index (χ4v) is 4.63. The van der Waals surface area contributed by atoms with E-state index in [0.717, 1.165) is 40.1 Å². The molecular weight excluding hydrogens is 430 g/mol. The first-order valence-electron chi connectivity index (χ1n) is 11.5. The zero-order chi connectivity index (χ0) is 23.7. The van der Waals surface area contributed by atoms with Gasteiger partial charge in [0.1, 0.15) is 0 Å². The second-order valence-electron chi connectivity index (χ2n) is 8.53. The molecule has 0 spiro atoms. The Labute approximate surface area is 197 Å². The van der Waals surface area contributed by atoms with Crippen LogP contribution in [0.5, 0.6) is 0 Å². The maximum atomic E-state index is 13.5. The number of nitrogens with one attached hydrogen (secondary N) is 1. The molecule has 1 aromatic heterocycles. The summed E-state index contributed by atoms with van der Waals surface area (Å²) in [4.78, 5) is 44.0. The number of hydrogen-bond acceptors (Lipinski definition) is 5. The minimum Gasteiger partial charge on any atom is -0.449 e. The molecule has 1 fully saturated rings. The first-order valence-corrected chi connectivity index (χ1v) is 11.5.